The summed E-state index contributed by atoms with van der Waals surface area (Å²) in [6, 6.07) is 2.34. The van der Waals surface area contributed by atoms with Crippen LogP contribution in [0.25, 0.3) is 0 Å². The van der Waals surface area contributed by atoms with Gasteiger partial charge in [-0.25, -0.2) is 0 Å². The van der Waals surface area contributed by atoms with Crippen LogP contribution in [0.2, 0.25) is 0 Å². The van der Waals surface area contributed by atoms with Crippen LogP contribution in [0.5, 0.6) is 0 Å². The lowest BCUT2D eigenvalue weighted by Crippen LogP contribution is -2.52. The van der Waals surface area contributed by atoms with Gasteiger partial charge in [-0.05, 0) is 19.4 Å². The van der Waals surface area contributed by atoms with Crippen molar-refractivity contribution < 1.29 is 0 Å². The topological polar surface area (TPSA) is 47.9 Å². The van der Waals surface area contributed by atoms with Crippen molar-refractivity contribution in [2.24, 2.45) is 0 Å². The first-order chi connectivity index (χ1) is 5.85. The van der Waals surface area contributed by atoms with Gasteiger partial charge in [-0.1, -0.05) is 0 Å². The molecule has 1 unspecified atom stereocenters. The molecule has 2 aliphatic rings. The highest BCUT2D eigenvalue weighted by molar-refractivity contribution is 8.01. The molecule has 0 aromatic carbocycles. The van der Waals surface area contributed by atoms with Crippen LogP contribution in [0.4, 0.5) is 0 Å². The fourth-order valence-corrected chi connectivity index (χ4v) is 3.20. The number of nitriles is 1. The van der Waals surface area contributed by atoms with Gasteiger partial charge in [0.1, 0.15) is 6.04 Å². The zero-order valence-corrected chi connectivity index (χ0v) is 7.78. The van der Waals surface area contributed by atoms with E-state index in [0.717, 1.165) is 18.8 Å². The summed E-state index contributed by atoms with van der Waals surface area (Å²) in [5, 5.41) is 15.5. The quantitative estimate of drug-likeness (QED) is 0.567. The lowest BCUT2D eigenvalue weighted by atomic mass is 10.1. The third-order valence-corrected chi connectivity index (χ3v) is 3.98. The summed E-state index contributed by atoms with van der Waals surface area (Å²) in [6.07, 6.45) is 2.42. The van der Waals surface area contributed by atoms with Crippen LogP contribution in [-0.2, 0) is 0 Å². The van der Waals surface area contributed by atoms with Gasteiger partial charge in [0.15, 0.2) is 0 Å². The lowest BCUT2D eigenvalue weighted by molar-refractivity contribution is 0.361. The van der Waals surface area contributed by atoms with Gasteiger partial charge >= 0.3 is 0 Å². The molecule has 0 aliphatic carbocycles. The molecule has 0 saturated carbocycles. The molecule has 0 amide bonds. The molecular formula is C8H13N3S. The predicted molar refractivity (Wildman–Crippen MR) is 49.8 cm³/mol. The number of nitrogens with one attached hydrogen (secondary N) is 2. The SMILES string of the molecule is N#C[C@@H]1CSC2(CCCNC2)N1. The molecule has 2 rings (SSSR count). The number of thioether (sulfide) groups is 1. The molecule has 12 heavy (non-hydrogen) atoms. The van der Waals surface area contributed by atoms with Crippen LogP contribution >= 0.6 is 11.8 Å². The third-order valence-electron chi connectivity index (χ3n) is 2.46. The molecule has 3 nitrogen and oxygen atoms in total. The van der Waals surface area contributed by atoms with E-state index in [-0.39, 0.29) is 10.9 Å². The molecular weight excluding hydrogens is 170 g/mol. The van der Waals surface area contributed by atoms with Gasteiger partial charge in [-0.15, -0.1) is 11.8 Å². The highest BCUT2D eigenvalue weighted by Gasteiger charge is 2.39. The zero-order valence-electron chi connectivity index (χ0n) is 6.97. The van der Waals surface area contributed by atoms with Crippen molar-refractivity contribution in [1.29, 1.82) is 5.26 Å². The lowest BCUT2D eigenvalue weighted by Gasteiger charge is -2.33. The van der Waals surface area contributed by atoms with Gasteiger partial charge in [-0.3, -0.25) is 5.32 Å². The minimum atomic E-state index is 0.0647. The summed E-state index contributed by atoms with van der Waals surface area (Å²) >= 11 is 1.90. The molecule has 2 N–H and O–H groups in total. The van der Waals surface area contributed by atoms with Crippen molar-refractivity contribution in [3.8, 4) is 6.07 Å². The van der Waals surface area contributed by atoms with Crippen LogP contribution in [-0.4, -0.2) is 29.8 Å². The van der Waals surface area contributed by atoms with Crippen molar-refractivity contribution in [2.45, 2.75) is 23.8 Å². The Morgan fingerprint density at radius 1 is 1.58 bits per heavy atom. The van der Waals surface area contributed by atoms with Gasteiger partial charge in [0.25, 0.3) is 0 Å². The van der Waals surface area contributed by atoms with Crippen LogP contribution in [0, 0.1) is 11.3 Å². The Hall–Kier alpha value is -0.240. The van der Waals surface area contributed by atoms with E-state index in [1.807, 2.05) is 11.8 Å². The second kappa shape index (κ2) is 3.25. The minimum absolute atomic E-state index is 0.0647. The summed E-state index contributed by atoms with van der Waals surface area (Å²) < 4.78 is 0. The van der Waals surface area contributed by atoms with Crippen LogP contribution < -0.4 is 10.6 Å². The summed E-state index contributed by atoms with van der Waals surface area (Å²) in [7, 11) is 0. The first kappa shape index (κ1) is 8.36. The van der Waals surface area contributed by atoms with E-state index in [9.17, 15) is 0 Å². The van der Waals surface area contributed by atoms with E-state index in [4.69, 9.17) is 5.26 Å². The molecule has 66 valence electrons. The molecule has 2 fully saturated rings. The normalized spacial score (nSPS) is 41.4. The second-order valence-corrected chi connectivity index (χ2v) is 4.82. The Kier molecular flexibility index (Phi) is 2.26. The number of rotatable bonds is 0. The van der Waals surface area contributed by atoms with Crippen molar-refractivity contribution >= 4 is 11.8 Å². The third kappa shape index (κ3) is 1.45. The highest BCUT2D eigenvalue weighted by Crippen LogP contribution is 2.35. The fourth-order valence-electron chi connectivity index (χ4n) is 1.84. The Bertz CT molecular complexity index is 205. The molecule has 0 aromatic heterocycles. The molecule has 2 atom stereocenters. The summed E-state index contributed by atoms with van der Waals surface area (Å²) in [4.78, 5) is 0.179. The predicted octanol–water partition coefficient (Wildman–Crippen LogP) is 0.295. The molecule has 0 radical (unpaired) electrons. The van der Waals surface area contributed by atoms with Gasteiger partial charge in [0.05, 0.1) is 10.9 Å². The van der Waals surface area contributed by atoms with Crippen molar-refractivity contribution in [1.82, 2.24) is 10.6 Å². The Labute approximate surface area is 76.9 Å². The fraction of sp³-hybridized carbons (Fsp3) is 0.875. The first-order valence-corrected chi connectivity index (χ1v) is 5.35. The monoisotopic (exact) mass is 183 g/mol. The van der Waals surface area contributed by atoms with E-state index in [1.54, 1.807) is 0 Å². The molecule has 0 aromatic rings. The van der Waals surface area contributed by atoms with Gasteiger partial charge < -0.3 is 5.32 Å². The van der Waals surface area contributed by atoms with E-state index >= 15 is 0 Å². The summed E-state index contributed by atoms with van der Waals surface area (Å²) in [6.45, 7) is 2.14. The van der Waals surface area contributed by atoms with Gasteiger partial charge in [0.2, 0.25) is 0 Å². The van der Waals surface area contributed by atoms with Gasteiger partial charge in [-0.2, -0.15) is 5.26 Å². The molecule has 2 heterocycles. The maximum atomic E-state index is 8.73. The van der Waals surface area contributed by atoms with Crippen LogP contribution in [0.3, 0.4) is 0 Å². The van der Waals surface area contributed by atoms with Crippen molar-refractivity contribution in [3.63, 3.8) is 0 Å². The Morgan fingerprint density at radius 2 is 2.50 bits per heavy atom. The van der Waals surface area contributed by atoms with Crippen LogP contribution in [0.15, 0.2) is 0 Å². The molecule has 2 aliphatic heterocycles. The number of nitrogens with zero attached hydrogens (tertiary/aromatic N) is 1. The maximum absolute atomic E-state index is 8.73. The molecule has 0 bridgehead atoms. The summed E-state index contributed by atoms with van der Waals surface area (Å²) in [5.74, 6) is 0.943. The van der Waals surface area contributed by atoms with Crippen molar-refractivity contribution in [2.75, 3.05) is 18.8 Å². The maximum Gasteiger partial charge on any atom is 0.106 e. The standard InChI is InChI=1S/C8H13N3S/c9-4-7-5-12-8(11-7)2-1-3-10-6-8/h7,10-11H,1-3,5-6H2/t7-,8?/m1/s1. The summed E-state index contributed by atoms with van der Waals surface area (Å²) in [5.41, 5.74) is 0. The number of hydrogen-bond acceptors (Lipinski definition) is 4. The molecule has 2 saturated heterocycles. The number of hydrogen-bond donors (Lipinski definition) is 2. The van der Waals surface area contributed by atoms with E-state index in [2.05, 4.69) is 16.7 Å². The first-order valence-electron chi connectivity index (χ1n) is 4.37. The smallest absolute Gasteiger partial charge is 0.106 e. The Morgan fingerprint density at radius 3 is 3.08 bits per heavy atom. The highest BCUT2D eigenvalue weighted by atomic mass is 32.2. The minimum Gasteiger partial charge on any atom is -0.314 e. The molecule has 4 heteroatoms. The van der Waals surface area contributed by atoms with E-state index in [1.165, 1.54) is 12.8 Å². The Balaban J connectivity index is 1.99. The van der Waals surface area contributed by atoms with Crippen molar-refractivity contribution in [3.05, 3.63) is 0 Å². The van der Waals surface area contributed by atoms with Crippen LogP contribution in [0.1, 0.15) is 12.8 Å². The molecule has 1 spiro atoms. The average Bonchev–Trinajstić information content (AvgIpc) is 2.50. The average molecular weight is 183 g/mol. The largest absolute Gasteiger partial charge is 0.314 e. The van der Waals surface area contributed by atoms with Gasteiger partial charge in [0, 0.05) is 12.3 Å². The number of piperidine rings is 1. The van der Waals surface area contributed by atoms with E-state index in [0.29, 0.717) is 0 Å². The second-order valence-electron chi connectivity index (χ2n) is 3.41. The van der Waals surface area contributed by atoms with E-state index < -0.39 is 0 Å². The zero-order chi connectivity index (χ0) is 8.44.